The normalized spacial score (nSPS) is 22.5. The Morgan fingerprint density at radius 3 is 2.44 bits per heavy atom. The molecular weight excluding hydrogens is 275 g/mol. The summed E-state index contributed by atoms with van der Waals surface area (Å²) < 4.78 is 0. The smallest absolute Gasteiger partial charge is 0.0448 e. The third kappa shape index (κ3) is 2.02. The number of aromatic nitrogens is 1. The minimum absolute atomic E-state index is 0. The van der Waals surface area contributed by atoms with Crippen molar-refractivity contribution in [2.75, 3.05) is 0 Å². The van der Waals surface area contributed by atoms with Gasteiger partial charge in [0, 0.05) is 44.1 Å². The minimum Gasteiger partial charge on any atom is -0.541 e. The van der Waals surface area contributed by atoms with Gasteiger partial charge in [-0.3, -0.25) is 11.3 Å². The van der Waals surface area contributed by atoms with Crippen LogP contribution in [0.3, 0.4) is 0 Å². The molecule has 1 radical (unpaired) electrons. The molecule has 1 heterocycles. The monoisotopic (exact) mass is 291 g/mol. The van der Waals surface area contributed by atoms with Gasteiger partial charge in [-0.1, -0.05) is 6.92 Å². The molecule has 2 nitrogen and oxygen atoms in total. The predicted octanol–water partition coefficient (Wildman–Crippen LogP) is 2.39. The van der Waals surface area contributed by atoms with Crippen LogP contribution in [0.1, 0.15) is 40.9 Å². The Hall–Kier alpha value is -0.0761. The Bertz CT molecular complexity index is 428. The van der Waals surface area contributed by atoms with E-state index in [2.05, 4.69) is 32.0 Å². The Kier molecular flexibility index (Phi) is 4.42. The van der Waals surface area contributed by atoms with Gasteiger partial charge < -0.3 is 4.79 Å². The first-order valence-electron chi connectivity index (χ1n) is 5.40. The molecule has 0 fully saturated rings. The average Bonchev–Trinajstić information content (AvgIpc) is 2.53. The molecule has 0 spiro atoms. The van der Waals surface area contributed by atoms with Gasteiger partial charge in [-0.2, -0.15) is 0 Å². The summed E-state index contributed by atoms with van der Waals surface area (Å²) in [5.41, 5.74) is 6.04. The van der Waals surface area contributed by atoms with Crippen LogP contribution in [0.15, 0.2) is 0 Å². The van der Waals surface area contributed by atoms with Crippen LogP contribution in [0.4, 0.5) is 0 Å². The molecule has 0 saturated heterocycles. The number of fused-ring (bicyclic) bond motifs is 1. The maximum Gasteiger partial charge on any atom is 0.0448 e. The summed E-state index contributed by atoms with van der Waals surface area (Å²) in [6.45, 7) is 8.33. The standard InChI is InChI=1S/C13H16NO.Y/c1-7-8(2)12-5-11(6-15)9(3)13(12)14-10(7)4;/h9,11H,5H2,1-4H3;/q-1;. The maximum atomic E-state index is 10.8. The Morgan fingerprint density at radius 1 is 1.25 bits per heavy atom. The van der Waals surface area contributed by atoms with E-state index in [1.54, 1.807) is 0 Å². The van der Waals surface area contributed by atoms with Gasteiger partial charge in [0.2, 0.25) is 0 Å². The third-order valence-corrected chi connectivity index (χ3v) is 3.77. The van der Waals surface area contributed by atoms with Crippen LogP contribution in [0.5, 0.6) is 0 Å². The van der Waals surface area contributed by atoms with Gasteiger partial charge >= 0.3 is 0 Å². The van der Waals surface area contributed by atoms with E-state index in [0.29, 0.717) is 0 Å². The average molecular weight is 291 g/mol. The minimum atomic E-state index is 0. The Labute approximate surface area is 122 Å². The van der Waals surface area contributed by atoms with Crippen LogP contribution in [-0.2, 0) is 43.9 Å². The zero-order chi connectivity index (χ0) is 11.2. The molecule has 83 valence electrons. The number of carbonyl (C=O) groups excluding carboxylic acids is 1. The first kappa shape index (κ1) is 14.0. The van der Waals surface area contributed by atoms with Gasteiger partial charge in [0.25, 0.3) is 0 Å². The Balaban J connectivity index is 0.00000128. The predicted molar refractivity (Wildman–Crippen MR) is 59.8 cm³/mol. The second kappa shape index (κ2) is 5.06. The molecule has 1 aliphatic rings. The van der Waals surface area contributed by atoms with Crippen LogP contribution >= 0.6 is 0 Å². The second-order valence-electron chi connectivity index (χ2n) is 4.53. The van der Waals surface area contributed by atoms with E-state index in [-0.39, 0.29) is 44.5 Å². The summed E-state index contributed by atoms with van der Waals surface area (Å²) in [5, 5.41) is 0. The van der Waals surface area contributed by atoms with E-state index >= 15 is 0 Å². The number of pyridine rings is 1. The fraction of sp³-hybridized carbons (Fsp3) is 0.538. The molecule has 2 rings (SSSR count). The van der Waals surface area contributed by atoms with Gasteiger partial charge in [0.15, 0.2) is 0 Å². The quantitative estimate of drug-likeness (QED) is 0.744. The molecule has 0 N–H and O–H groups in total. The summed E-state index contributed by atoms with van der Waals surface area (Å²) in [6.07, 6.45) is 2.96. The van der Waals surface area contributed by atoms with E-state index in [4.69, 9.17) is 0 Å². The van der Waals surface area contributed by atoms with Gasteiger partial charge in [0.1, 0.15) is 0 Å². The van der Waals surface area contributed by atoms with Crippen molar-refractivity contribution in [3.63, 3.8) is 0 Å². The molecule has 2 atom stereocenters. The van der Waals surface area contributed by atoms with E-state index < -0.39 is 0 Å². The molecule has 1 aromatic heterocycles. The van der Waals surface area contributed by atoms with Crippen molar-refractivity contribution in [3.05, 3.63) is 28.1 Å². The maximum absolute atomic E-state index is 10.8. The van der Waals surface area contributed by atoms with Crippen molar-refractivity contribution in [1.82, 2.24) is 4.98 Å². The third-order valence-electron chi connectivity index (χ3n) is 3.77. The van der Waals surface area contributed by atoms with Crippen molar-refractivity contribution in [1.29, 1.82) is 0 Å². The Morgan fingerprint density at radius 2 is 1.88 bits per heavy atom. The number of rotatable bonds is 1. The van der Waals surface area contributed by atoms with Gasteiger partial charge in [-0.05, 0) is 49.8 Å². The van der Waals surface area contributed by atoms with E-state index in [1.165, 1.54) is 16.7 Å². The van der Waals surface area contributed by atoms with Crippen molar-refractivity contribution in [2.24, 2.45) is 5.92 Å². The molecule has 0 bridgehead atoms. The van der Waals surface area contributed by atoms with E-state index in [1.807, 2.05) is 6.92 Å². The number of hydrogen-bond acceptors (Lipinski definition) is 2. The fourth-order valence-electron chi connectivity index (χ4n) is 2.39. The number of nitrogens with zero attached hydrogens (tertiary/aromatic N) is 1. The molecule has 0 aliphatic heterocycles. The fourth-order valence-corrected chi connectivity index (χ4v) is 2.39. The molecule has 0 aromatic carbocycles. The van der Waals surface area contributed by atoms with Crippen LogP contribution in [0.25, 0.3) is 0 Å². The second-order valence-corrected chi connectivity index (χ2v) is 4.53. The number of aryl methyl sites for hydroxylation is 1. The van der Waals surface area contributed by atoms with Gasteiger partial charge in [-0.15, -0.1) is 5.92 Å². The first-order chi connectivity index (χ1) is 7.06. The zero-order valence-electron chi connectivity index (χ0n) is 10.3. The van der Waals surface area contributed by atoms with E-state index in [9.17, 15) is 4.79 Å². The van der Waals surface area contributed by atoms with E-state index in [0.717, 1.165) is 17.8 Å². The molecule has 16 heavy (non-hydrogen) atoms. The van der Waals surface area contributed by atoms with Crippen molar-refractivity contribution < 1.29 is 37.5 Å². The van der Waals surface area contributed by atoms with Crippen LogP contribution in [0.2, 0.25) is 0 Å². The molecule has 2 unspecified atom stereocenters. The summed E-state index contributed by atoms with van der Waals surface area (Å²) in [4.78, 5) is 15.4. The van der Waals surface area contributed by atoms with Crippen LogP contribution < -0.4 is 0 Å². The van der Waals surface area contributed by atoms with Crippen LogP contribution in [0, 0.1) is 26.7 Å². The summed E-state index contributed by atoms with van der Waals surface area (Å²) in [5.74, 6) is 0.239. The topological polar surface area (TPSA) is 30.0 Å². The molecule has 3 heteroatoms. The van der Waals surface area contributed by atoms with Crippen molar-refractivity contribution in [3.8, 4) is 0 Å². The van der Waals surface area contributed by atoms with Gasteiger partial charge in [-0.25, -0.2) is 0 Å². The largest absolute Gasteiger partial charge is 0.541 e. The molecule has 0 saturated carbocycles. The van der Waals surface area contributed by atoms with Crippen LogP contribution in [-0.4, -0.2) is 11.3 Å². The van der Waals surface area contributed by atoms with Crippen molar-refractivity contribution >= 4 is 6.29 Å². The SMILES string of the molecule is Cc1nc2c(c(C)c1C)CC([C-]=O)C2C.[Y]. The molecule has 1 aromatic rings. The van der Waals surface area contributed by atoms with Crippen molar-refractivity contribution in [2.45, 2.75) is 40.0 Å². The zero-order valence-corrected chi connectivity index (χ0v) is 13.1. The molecule has 0 amide bonds. The first-order valence-corrected chi connectivity index (χ1v) is 5.40. The van der Waals surface area contributed by atoms with Gasteiger partial charge in [0.05, 0.1) is 0 Å². The summed E-state index contributed by atoms with van der Waals surface area (Å²) >= 11 is 0. The summed E-state index contributed by atoms with van der Waals surface area (Å²) in [7, 11) is 0. The molecular formula is C13H16NOY-. The summed E-state index contributed by atoms with van der Waals surface area (Å²) in [6, 6.07) is 0. The molecule has 1 aliphatic carbocycles. The number of hydrogen-bond donors (Lipinski definition) is 0.